The number of nitrogens with zero attached hydrogens (tertiary/aromatic N) is 3. The summed E-state index contributed by atoms with van der Waals surface area (Å²) in [5.41, 5.74) is 2.70. The zero-order valence-electron chi connectivity index (χ0n) is 17.3. The fourth-order valence-electron chi connectivity index (χ4n) is 4.72. The molecule has 32 heavy (non-hydrogen) atoms. The lowest BCUT2D eigenvalue weighted by molar-refractivity contribution is -0.237. The maximum Gasteiger partial charge on any atom is 0.429 e. The highest BCUT2D eigenvalue weighted by atomic mass is 32.2. The van der Waals surface area contributed by atoms with Gasteiger partial charge in [-0.15, -0.1) is 4.36 Å². The van der Waals surface area contributed by atoms with E-state index in [1.54, 1.807) is 0 Å². The van der Waals surface area contributed by atoms with Crippen LogP contribution in [0.3, 0.4) is 0 Å². The fourth-order valence-corrected chi connectivity index (χ4v) is 5.71. The summed E-state index contributed by atoms with van der Waals surface area (Å²) in [4.78, 5) is 12.4. The molecule has 2 heterocycles. The van der Waals surface area contributed by atoms with E-state index in [2.05, 4.69) is 20.8 Å². The van der Waals surface area contributed by atoms with Crippen LogP contribution in [0.15, 0.2) is 21.5 Å². The molecule has 1 aromatic heterocycles. The summed E-state index contributed by atoms with van der Waals surface area (Å²) < 4.78 is 62.7. The molecule has 0 saturated heterocycles. The molecule has 172 valence electrons. The van der Waals surface area contributed by atoms with Gasteiger partial charge in [-0.05, 0) is 67.7 Å². The highest BCUT2D eigenvalue weighted by Crippen LogP contribution is 2.43. The molecular formula is C20H22F3N5O3S. The average molecular weight is 469 g/mol. The Hall–Kier alpha value is -2.60. The van der Waals surface area contributed by atoms with Gasteiger partial charge in [0.15, 0.2) is 9.92 Å². The summed E-state index contributed by atoms with van der Waals surface area (Å²) >= 11 is 0. The number of carbonyl (C=O) groups is 1. The van der Waals surface area contributed by atoms with Crippen LogP contribution in [0.4, 0.5) is 23.7 Å². The van der Waals surface area contributed by atoms with E-state index in [-0.39, 0.29) is 4.90 Å². The number of fused-ring (bicyclic) bond motifs is 3. The third-order valence-corrected chi connectivity index (χ3v) is 7.72. The van der Waals surface area contributed by atoms with Crippen molar-refractivity contribution < 1.29 is 26.9 Å². The molecule has 0 fully saturated rings. The van der Waals surface area contributed by atoms with E-state index in [4.69, 9.17) is 9.88 Å². The molecule has 5 rings (SSSR count). The zero-order chi connectivity index (χ0) is 22.9. The number of anilines is 1. The van der Waals surface area contributed by atoms with Gasteiger partial charge < -0.3 is 10.1 Å². The van der Waals surface area contributed by atoms with Gasteiger partial charge in [0, 0.05) is 5.69 Å². The second kappa shape index (κ2) is 6.95. The average Bonchev–Trinajstić information content (AvgIpc) is 3.42. The zero-order valence-corrected chi connectivity index (χ0v) is 18.1. The van der Waals surface area contributed by atoms with Crippen molar-refractivity contribution in [2.75, 3.05) is 5.32 Å². The highest BCUT2D eigenvalue weighted by molar-refractivity contribution is 7.91. The molecule has 2 atom stereocenters. The quantitative estimate of drug-likeness (QED) is 0.701. The first-order chi connectivity index (χ1) is 15.0. The second-order valence-electron chi connectivity index (χ2n) is 8.63. The van der Waals surface area contributed by atoms with Gasteiger partial charge in [0.2, 0.25) is 11.5 Å². The van der Waals surface area contributed by atoms with Gasteiger partial charge in [-0.25, -0.2) is 18.8 Å². The predicted octanol–water partition coefficient (Wildman–Crippen LogP) is 3.51. The SMILES string of the molecule is CC1(C(F)(F)F)Cn2ncc(S(N)(=O)=NC(=O)Nc3c4c(cc5c3CCC5)CCC4)c2O1. The number of rotatable bonds is 2. The topological polar surface area (TPSA) is 112 Å². The lowest BCUT2D eigenvalue weighted by Crippen LogP contribution is -2.47. The molecule has 0 radical (unpaired) electrons. The molecule has 2 unspecified atom stereocenters. The van der Waals surface area contributed by atoms with Crippen molar-refractivity contribution >= 4 is 21.6 Å². The van der Waals surface area contributed by atoms with E-state index in [1.165, 1.54) is 11.1 Å². The largest absolute Gasteiger partial charge is 0.459 e. The van der Waals surface area contributed by atoms with Crippen molar-refractivity contribution in [3.8, 4) is 5.88 Å². The molecule has 2 amide bonds. The molecule has 2 aromatic rings. The second-order valence-corrected chi connectivity index (χ2v) is 10.4. The standard InChI is InChI=1S/C20H22F3N5O3S/c1-19(20(21,22)23)10-28-17(31-19)15(9-25-28)32(24,30)27-18(29)26-16-13-6-2-4-11(13)8-12-5-3-7-14(12)16/h8-9H,2-7,10H2,1H3,(H3,24,26,27,29,30). The number of carbonyl (C=O) groups excluding carboxylic acids is 1. The van der Waals surface area contributed by atoms with Gasteiger partial charge in [0.05, 0.1) is 12.7 Å². The first kappa shape index (κ1) is 21.3. The summed E-state index contributed by atoms with van der Waals surface area (Å²) in [5, 5.41) is 12.4. The summed E-state index contributed by atoms with van der Waals surface area (Å²) in [5.74, 6) is -0.393. The molecule has 3 aliphatic rings. The molecule has 0 spiro atoms. The smallest absolute Gasteiger partial charge is 0.429 e. The van der Waals surface area contributed by atoms with E-state index in [0.717, 1.165) is 67.5 Å². The summed E-state index contributed by atoms with van der Waals surface area (Å²) in [6, 6.07) is 1.29. The lowest BCUT2D eigenvalue weighted by atomic mass is 9.99. The molecular weight excluding hydrogens is 447 g/mol. The van der Waals surface area contributed by atoms with Crippen LogP contribution in [0, 0.1) is 0 Å². The van der Waals surface area contributed by atoms with Crippen LogP contribution in [0.1, 0.15) is 42.0 Å². The number of nitrogens with one attached hydrogen (secondary N) is 1. The predicted molar refractivity (Wildman–Crippen MR) is 110 cm³/mol. The van der Waals surface area contributed by atoms with Crippen LogP contribution in [-0.2, 0) is 42.1 Å². The van der Waals surface area contributed by atoms with Crippen LogP contribution in [0.2, 0.25) is 0 Å². The Balaban J connectivity index is 1.46. The lowest BCUT2D eigenvalue weighted by Gasteiger charge is -2.25. The minimum atomic E-state index is -4.68. The Bertz CT molecular complexity index is 1230. The first-order valence-corrected chi connectivity index (χ1v) is 11.9. The number of aromatic nitrogens is 2. The van der Waals surface area contributed by atoms with E-state index < -0.39 is 40.1 Å². The third kappa shape index (κ3) is 3.27. The Morgan fingerprint density at radius 1 is 1.25 bits per heavy atom. The van der Waals surface area contributed by atoms with Crippen LogP contribution in [0.5, 0.6) is 5.88 Å². The van der Waals surface area contributed by atoms with Gasteiger partial charge in [-0.3, -0.25) is 0 Å². The summed E-state index contributed by atoms with van der Waals surface area (Å²) in [6.45, 7) is 0.250. The molecule has 2 aliphatic carbocycles. The number of ether oxygens (including phenoxy) is 1. The molecule has 8 nitrogen and oxygen atoms in total. The Kier molecular flexibility index (Phi) is 4.61. The van der Waals surface area contributed by atoms with Gasteiger partial charge in [0.25, 0.3) is 0 Å². The van der Waals surface area contributed by atoms with Crippen molar-refractivity contribution in [2.45, 2.75) is 68.7 Å². The monoisotopic (exact) mass is 469 g/mol. The van der Waals surface area contributed by atoms with Gasteiger partial charge in [-0.1, -0.05) is 6.07 Å². The number of hydrogen-bond donors (Lipinski definition) is 2. The minimum Gasteiger partial charge on any atom is -0.459 e. The normalized spacial score (nSPS) is 23.2. The summed E-state index contributed by atoms with van der Waals surface area (Å²) in [6.07, 6.45) is 1.87. The van der Waals surface area contributed by atoms with Crippen molar-refractivity contribution in [3.63, 3.8) is 0 Å². The number of amides is 2. The minimum absolute atomic E-state index is 0.343. The van der Waals surface area contributed by atoms with Crippen LogP contribution in [0.25, 0.3) is 0 Å². The maximum atomic E-state index is 13.3. The van der Waals surface area contributed by atoms with Crippen LogP contribution >= 0.6 is 0 Å². The number of benzene rings is 1. The number of alkyl halides is 3. The van der Waals surface area contributed by atoms with Gasteiger partial charge >= 0.3 is 12.2 Å². The number of urea groups is 1. The van der Waals surface area contributed by atoms with Crippen molar-refractivity contribution in [1.29, 1.82) is 0 Å². The van der Waals surface area contributed by atoms with E-state index in [9.17, 15) is 22.2 Å². The number of aryl methyl sites for hydroxylation is 2. The molecule has 12 heteroatoms. The number of halogens is 3. The molecule has 0 bridgehead atoms. The van der Waals surface area contributed by atoms with Crippen molar-refractivity contribution in [3.05, 3.63) is 34.5 Å². The van der Waals surface area contributed by atoms with Crippen LogP contribution < -0.4 is 15.2 Å². The van der Waals surface area contributed by atoms with Gasteiger partial charge in [0.1, 0.15) is 4.90 Å². The number of nitrogens with two attached hydrogens (primary N) is 1. The molecule has 3 N–H and O–H groups in total. The summed E-state index contributed by atoms with van der Waals surface area (Å²) in [7, 11) is -3.90. The molecule has 0 saturated carbocycles. The molecule has 1 aromatic carbocycles. The van der Waals surface area contributed by atoms with Crippen molar-refractivity contribution in [1.82, 2.24) is 9.78 Å². The third-order valence-electron chi connectivity index (χ3n) is 6.37. The Labute approximate surface area is 182 Å². The number of hydrogen-bond acceptors (Lipinski definition) is 4. The highest BCUT2D eigenvalue weighted by Gasteiger charge is 2.58. The van der Waals surface area contributed by atoms with E-state index >= 15 is 0 Å². The Morgan fingerprint density at radius 2 is 1.88 bits per heavy atom. The molecule has 1 aliphatic heterocycles. The fraction of sp³-hybridized carbons (Fsp3) is 0.500. The van der Waals surface area contributed by atoms with Crippen molar-refractivity contribution in [2.24, 2.45) is 9.50 Å². The first-order valence-electron chi connectivity index (χ1n) is 10.3. The van der Waals surface area contributed by atoms with Gasteiger partial charge in [-0.2, -0.15) is 18.3 Å². The van der Waals surface area contributed by atoms with E-state index in [1.807, 2.05) is 0 Å². The maximum absolute atomic E-state index is 13.3. The Morgan fingerprint density at radius 3 is 2.47 bits per heavy atom. The van der Waals surface area contributed by atoms with E-state index in [0.29, 0.717) is 5.69 Å². The van der Waals surface area contributed by atoms with Crippen LogP contribution in [-0.4, -0.2) is 31.8 Å².